The summed E-state index contributed by atoms with van der Waals surface area (Å²) in [5.41, 5.74) is 0.523. The molecule has 0 amide bonds. The Bertz CT molecular complexity index is 550. The Morgan fingerprint density at radius 1 is 1.00 bits per heavy atom. The first-order valence-corrected chi connectivity index (χ1v) is 6.25. The number of ether oxygens (including phenoxy) is 1. The smallest absolute Gasteiger partial charge is 0.134 e. The maximum absolute atomic E-state index is 9.27. The Hall–Kier alpha value is -0.930. The van der Waals surface area contributed by atoms with Crippen molar-refractivity contribution in [1.82, 2.24) is 0 Å². The second-order valence-electron chi connectivity index (χ2n) is 3.58. The fourth-order valence-electron chi connectivity index (χ4n) is 1.50. The lowest BCUT2D eigenvalue weighted by Gasteiger charge is -2.11. The van der Waals surface area contributed by atoms with E-state index in [1.165, 1.54) is 0 Å². The van der Waals surface area contributed by atoms with E-state index in [2.05, 4.69) is 0 Å². The largest absolute Gasteiger partial charge is 0.457 e. The molecule has 0 aliphatic rings. The second-order valence-corrected chi connectivity index (χ2v) is 4.86. The summed E-state index contributed by atoms with van der Waals surface area (Å²) >= 11 is 17.7. The van der Waals surface area contributed by atoms with Crippen LogP contribution in [-0.4, -0.2) is 5.11 Å². The third-order valence-corrected chi connectivity index (χ3v) is 3.09. The van der Waals surface area contributed by atoms with E-state index in [0.717, 1.165) is 0 Å². The van der Waals surface area contributed by atoms with Gasteiger partial charge in [0.2, 0.25) is 0 Å². The molecule has 2 aromatic carbocycles. The maximum Gasteiger partial charge on any atom is 0.134 e. The average molecular weight is 304 g/mol. The van der Waals surface area contributed by atoms with Crippen molar-refractivity contribution in [3.05, 3.63) is 57.0 Å². The van der Waals surface area contributed by atoms with Crippen LogP contribution >= 0.6 is 34.8 Å². The standard InChI is InChI=1S/C13H9Cl3O2/c14-8-4-9(15)6-10(5-8)18-13-3-1-2-12(16)11(13)7-17/h1-6,17H,7H2. The van der Waals surface area contributed by atoms with Gasteiger partial charge in [0.05, 0.1) is 6.61 Å². The van der Waals surface area contributed by atoms with Crippen molar-refractivity contribution in [2.24, 2.45) is 0 Å². The molecule has 0 aliphatic heterocycles. The number of rotatable bonds is 3. The normalized spacial score (nSPS) is 10.4. The average Bonchev–Trinajstić information content (AvgIpc) is 2.27. The SMILES string of the molecule is OCc1c(Cl)cccc1Oc1cc(Cl)cc(Cl)c1. The predicted octanol–water partition coefficient (Wildman–Crippen LogP) is 4.93. The highest BCUT2D eigenvalue weighted by molar-refractivity contribution is 6.34. The van der Waals surface area contributed by atoms with Gasteiger partial charge in [0.25, 0.3) is 0 Å². The zero-order valence-electron chi connectivity index (χ0n) is 9.16. The van der Waals surface area contributed by atoms with Gasteiger partial charge in [-0.2, -0.15) is 0 Å². The highest BCUT2D eigenvalue weighted by Crippen LogP contribution is 2.32. The molecule has 0 saturated heterocycles. The van der Waals surface area contributed by atoms with Gasteiger partial charge in [0, 0.05) is 20.6 Å². The lowest BCUT2D eigenvalue weighted by molar-refractivity contribution is 0.276. The van der Waals surface area contributed by atoms with Crippen molar-refractivity contribution >= 4 is 34.8 Å². The van der Waals surface area contributed by atoms with Crippen molar-refractivity contribution in [1.29, 1.82) is 0 Å². The Balaban J connectivity index is 2.36. The van der Waals surface area contributed by atoms with Crippen molar-refractivity contribution in [3.63, 3.8) is 0 Å². The summed E-state index contributed by atoms with van der Waals surface area (Å²) in [6, 6.07) is 10.0. The van der Waals surface area contributed by atoms with Crippen LogP contribution in [-0.2, 0) is 6.61 Å². The molecule has 2 nitrogen and oxygen atoms in total. The van der Waals surface area contributed by atoms with E-state index in [1.54, 1.807) is 36.4 Å². The molecule has 0 heterocycles. The summed E-state index contributed by atoms with van der Waals surface area (Å²) in [6.07, 6.45) is 0. The van der Waals surface area contributed by atoms with Gasteiger partial charge in [-0.1, -0.05) is 40.9 Å². The predicted molar refractivity (Wildman–Crippen MR) is 73.9 cm³/mol. The first kappa shape index (κ1) is 13.5. The molecule has 18 heavy (non-hydrogen) atoms. The minimum absolute atomic E-state index is 0.205. The fraction of sp³-hybridized carbons (Fsp3) is 0.0769. The topological polar surface area (TPSA) is 29.5 Å². The molecule has 5 heteroatoms. The fourth-order valence-corrected chi connectivity index (χ4v) is 2.23. The number of halogens is 3. The quantitative estimate of drug-likeness (QED) is 0.871. The molecule has 0 atom stereocenters. The third kappa shape index (κ3) is 3.09. The highest BCUT2D eigenvalue weighted by atomic mass is 35.5. The van der Waals surface area contributed by atoms with Crippen molar-refractivity contribution < 1.29 is 9.84 Å². The van der Waals surface area contributed by atoms with Gasteiger partial charge in [0.1, 0.15) is 11.5 Å². The van der Waals surface area contributed by atoms with Crippen LogP contribution in [0, 0.1) is 0 Å². The number of hydrogen-bond acceptors (Lipinski definition) is 2. The maximum atomic E-state index is 9.27. The summed E-state index contributed by atoms with van der Waals surface area (Å²) in [5, 5.41) is 10.7. The highest BCUT2D eigenvalue weighted by Gasteiger charge is 2.09. The summed E-state index contributed by atoms with van der Waals surface area (Å²) in [5.74, 6) is 0.966. The van der Waals surface area contributed by atoms with E-state index in [1.807, 2.05) is 0 Å². The van der Waals surface area contributed by atoms with Gasteiger partial charge in [-0.25, -0.2) is 0 Å². The molecular formula is C13H9Cl3O2. The Kier molecular flexibility index (Phi) is 4.36. The van der Waals surface area contributed by atoms with E-state index >= 15 is 0 Å². The van der Waals surface area contributed by atoms with E-state index in [-0.39, 0.29) is 6.61 Å². The van der Waals surface area contributed by atoms with E-state index in [0.29, 0.717) is 32.1 Å². The van der Waals surface area contributed by atoms with Crippen LogP contribution < -0.4 is 4.74 Å². The zero-order valence-corrected chi connectivity index (χ0v) is 11.4. The van der Waals surface area contributed by atoms with Gasteiger partial charge >= 0.3 is 0 Å². The van der Waals surface area contributed by atoms with Gasteiger partial charge in [0.15, 0.2) is 0 Å². The van der Waals surface area contributed by atoms with Crippen LogP contribution in [0.15, 0.2) is 36.4 Å². The van der Waals surface area contributed by atoms with E-state index in [4.69, 9.17) is 39.5 Å². The molecule has 0 bridgehead atoms. The molecule has 2 rings (SSSR count). The third-order valence-electron chi connectivity index (χ3n) is 2.30. The zero-order chi connectivity index (χ0) is 13.1. The molecule has 0 radical (unpaired) electrons. The molecule has 0 unspecified atom stereocenters. The molecular weight excluding hydrogens is 294 g/mol. The van der Waals surface area contributed by atoms with Gasteiger partial charge in [-0.05, 0) is 30.3 Å². The van der Waals surface area contributed by atoms with Gasteiger partial charge in [-0.3, -0.25) is 0 Å². The lowest BCUT2D eigenvalue weighted by Crippen LogP contribution is -1.92. The van der Waals surface area contributed by atoms with Crippen molar-refractivity contribution in [3.8, 4) is 11.5 Å². The first-order valence-electron chi connectivity index (χ1n) is 5.12. The van der Waals surface area contributed by atoms with Crippen LogP contribution in [0.3, 0.4) is 0 Å². The number of aliphatic hydroxyl groups is 1. The minimum Gasteiger partial charge on any atom is -0.457 e. The van der Waals surface area contributed by atoms with Gasteiger partial charge < -0.3 is 9.84 Å². The van der Waals surface area contributed by atoms with Crippen LogP contribution in [0.2, 0.25) is 15.1 Å². The molecule has 0 fully saturated rings. The molecule has 2 aromatic rings. The van der Waals surface area contributed by atoms with E-state index in [9.17, 15) is 5.11 Å². The number of benzene rings is 2. The lowest BCUT2D eigenvalue weighted by atomic mass is 10.2. The van der Waals surface area contributed by atoms with Crippen LogP contribution in [0.25, 0.3) is 0 Å². The van der Waals surface area contributed by atoms with Crippen molar-refractivity contribution in [2.45, 2.75) is 6.61 Å². The molecule has 0 saturated carbocycles. The second kappa shape index (κ2) is 5.81. The number of hydrogen-bond donors (Lipinski definition) is 1. The monoisotopic (exact) mass is 302 g/mol. The van der Waals surface area contributed by atoms with Crippen molar-refractivity contribution in [2.75, 3.05) is 0 Å². The Morgan fingerprint density at radius 2 is 1.67 bits per heavy atom. The van der Waals surface area contributed by atoms with Gasteiger partial charge in [-0.15, -0.1) is 0 Å². The summed E-state index contributed by atoms with van der Waals surface area (Å²) in [4.78, 5) is 0. The minimum atomic E-state index is -0.205. The molecule has 0 aliphatic carbocycles. The Labute approximate surface area is 120 Å². The summed E-state index contributed by atoms with van der Waals surface area (Å²) in [7, 11) is 0. The van der Waals surface area contributed by atoms with E-state index < -0.39 is 0 Å². The van der Waals surface area contributed by atoms with Crippen LogP contribution in [0.5, 0.6) is 11.5 Å². The first-order chi connectivity index (χ1) is 8.60. The molecule has 1 N–H and O–H groups in total. The van der Waals surface area contributed by atoms with Crippen LogP contribution in [0.1, 0.15) is 5.56 Å². The van der Waals surface area contributed by atoms with Crippen LogP contribution in [0.4, 0.5) is 0 Å². The number of aliphatic hydroxyl groups excluding tert-OH is 1. The molecule has 0 spiro atoms. The Morgan fingerprint density at radius 3 is 2.28 bits per heavy atom. The molecule has 94 valence electrons. The summed E-state index contributed by atoms with van der Waals surface area (Å²) < 4.78 is 5.63. The molecule has 0 aromatic heterocycles. The summed E-state index contributed by atoms with van der Waals surface area (Å²) in [6.45, 7) is -0.205.